The van der Waals surface area contributed by atoms with Crippen LogP contribution in [0.15, 0.2) is 36.5 Å². The molecule has 2 rings (SSSR count). The van der Waals surface area contributed by atoms with E-state index in [1.165, 1.54) is 13.3 Å². The van der Waals surface area contributed by atoms with E-state index in [9.17, 15) is 9.59 Å². The van der Waals surface area contributed by atoms with Crippen molar-refractivity contribution in [1.29, 1.82) is 0 Å². The van der Waals surface area contributed by atoms with Crippen molar-refractivity contribution >= 4 is 22.8 Å². The number of methoxy groups -OCH3 is 1. The van der Waals surface area contributed by atoms with Crippen molar-refractivity contribution in [3.05, 3.63) is 42.1 Å². The molecule has 0 bridgehead atoms. The van der Waals surface area contributed by atoms with Gasteiger partial charge in [0.15, 0.2) is 0 Å². The lowest BCUT2D eigenvalue weighted by Gasteiger charge is -2.16. The van der Waals surface area contributed by atoms with E-state index in [4.69, 9.17) is 4.74 Å². The topological polar surface area (TPSA) is 68.3 Å². The number of rotatable bonds is 6. The third-order valence-electron chi connectivity index (χ3n) is 3.49. The highest BCUT2D eigenvalue weighted by atomic mass is 16.5. The van der Waals surface area contributed by atoms with Crippen LogP contribution in [0.1, 0.15) is 36.5 Å². The van der Waals surface area contributed by atoms with Gasteiger partial charge in [0.1, 0.15) is 6.04 Å². The molecule has 2 aromatic rings. The number of hydrogen-bond donors (Lipinski definition) is 1. The maximum Gasteiger partial charge on any atom is 0.328 e. The van der Waals surface area contributed by atoms with Gasteiger partial charge in [0.2, 0.25) is 0 Å². The van der Waals surface area contributed by atoms with Gasteiger partial charge < -0.3 is 10.1 Å². The number of unbranched alkanes of at least 4 members (excludes halogenated alkanes) is 1. The number of carbonyl (C=O) groups excluding carboxylic acids is 2. The molecule has 0 aliphatic rings. The van der Waals surface area contributed by atoms with Crippen molar-refractivity contribution in [3.8, 4) is 0 Å². The number of amides is 1. The second-order valence-electron chi connectivity index (χ2n) is 5.11. The van der Waals surface area contributed by atoms with Crippen molar-refractivity contribution in [1.82, 2.24) is 10.3 Å². The Balaban J connectivity index is 2.15. The summed E-state index contributed by atoms with van der Waals surface area (Å²) in [5, 5.41) is 3.62. The number of nitrogens with zero attached hydrogens (tertiary/aromatic N) is 1. The second kappa shape index (κ2) is 7.54. The van der Waals surface area contributed by atoms with Crippen LogP contribution in [-0.2, 0) is 9.53 Å². The maximum atomic E-state index is 12.3. The summed E-state index contributed by atoms with van der Waals surface area (Å²) in [6, 6.07) is 8.72. The number of fused-ring (bicyclic) bond motifs is 1. The van der Waals surface area contributed by atoms with Gasteiger partial charge in [-0.3, -0.25) is 9.78 Å². The molecule has 5 nitrogen and oxygen atoms in total. The number of carbonyl (C=O) groups is 2. The first-order chi connectivity index (χ1) is 10.7. The third kappa shape index (κ3) is 3.81. The molecule has 5 heteroatoms. The zero-order valence-corrected chi connectivity index (χ0v) is 12.8. The predicted molar refractivity (Wildman–Crippen MR) is 84.5 cm³/mol. The van der Waals surface area contributed by atoms with Crippen LogP contribution >= 0.6 is 0 Å². The summed E-state index contributed by atoms with van der Waals surface area (Å²) in [6.45, 7) is 2.03. The molecule has 1 heterocycles. The first kappa shape index (κ1) is 15.9. The van der Waals surface area contributed by atoms with Crippen molar-refractivity contribution in [3.63, 3.8) is 0 Å². The minimum Gasteiger partial charge on any atom is -0.467 e. The van der Waals surface area contributed by atoms with Crippen molar-refractivity contribution in [2.45, 2.75) is 32.2 Å². The molecule has 0 saturated carbocycles. The fraction of sp³-hybridized carbons (Fsp3) is 0.353. The molecule has 0 unspecified atom stereocenters. The zero-order valence-electron chi connectivity index (χ0n) is 12.8. The summed E-state index contributed by atoms with van der Waals surface area (Å²) in [5.41, 5.74) is 1.26. The molecule has 1 amide bonds. The smallest absolute Gasteiger partial charge is 0.328 e. The van der Waals surface area contributed by atoms with E-state index in [-0.39, 0.29) is 5.91 Å². The molecule has 0 aliphatic carbocycles. The summed E-state index contributed by atoms with van der Waals surface area (Å²) in [4.78, 5) is 28.3. The summed E-state index contributed by atoms with van der Waals surface area (Å²) >= 11 is 0. The zero-order chi connectivity index (χ0) is 15.9. The summed E-state index contributed by atoms with van der Waals surface area (Å²) in [7, 11) is 1.32. The SMILES string of the molecule is CCCC[C@@H](NC(=O)c1cnc2ccccc2c1)C(=O)OC. The highest BCUT2D eigenvalue weighted by molar-refractivity contribution is 5.99. The van der Waals surface area contributed by atoms with Gasteiger partial charge in [0.05, 0.1) is 18.2 Å². The van der Waals surface area contributed by atoms with Crippen molar-refractivity contribution in [2.75, 3.05) is 7.11 Å². The lowest BCUT2D eigenvalue weighted by atomic mass is 10.1. The fourth-order valence-electron chi connectivity index (χ4n) is 2.24. The maximum absolute atomic E-state index is 12.3. The average molecular weight is 300 g/mol. The van der Waals surface area contributed by atoms with Gasteiger partial charge in [0, 0.05) is 11.6 Å². The van der Waals surface area contributed by atoms with E-state index in [1.807, 2.05) is 31.2 Å². The van der Waals surface area contributed by atoms with E-state index in [1.54, 1.807) is 6.07 Å². The lowest BCUT2D eigenvalue weighted by Crippen LogP contribution is -2.41. The van der Waals surface area contributed by atoms with E-state index in [0.717, 1.165) is 23.7 Å². The Kier molecular flexibility index (Phi) is 5.47. The Morgan fingerprint density at radius 1 is 1.32 bits per heavy atom. The number of ether oxygens (including phenoxy) is 1. The lowest BCUT2D eigenvalue weighted by molar-refractivity contribution is -0.143. The average Bonchev–Trinajstić information content (AvgIpc) is 2.57. The Morgan fingerprint density at radius 3 is 2.82 bits per heavy atom. The van der Waals surface area contributed by atoms with Crippen LogP contribution in [0.3, 0.4) is 0 Å². The third-order valence-corrected chi connectivity index (χ3v) is 3.49. The fourth-order valence-corrected chi connectivity index (χ4v) is 2.24. The summed E-state index contributed by atoms with van der Waals surface area (Å²) in [5.74, 6) is -0.736. The summed E-state index contributed by atoms with van der Waals surface area (Å²) < 4.78 is 4.75. The molecule has 1 atom stereocenters. The number of para-hydroxylation sites is 1. The van der Waals surface area contributed by atoms with Gasteiger partial charge in [-0.2, -0.15) is 0 Å². The Morgan fingerprint density at radius 2 is 2.09 bits per heavy atom. The van der Waals surface area contributed by atoms with Gasteiger partial charge in [-0.05, 0) is 18.6 Å². The van der Waals surface area contributed by atoms with Crippen molar-refractivity contribution < 1.29 is 14.3 Å². The number of aromatic nitrogens is 1. The first-order valence-corrected chi connectivity index (χ1v) is 7.39. The van der Waals surface area contributed by atoms with Gasteiger partial charge in [-0.1, -0.05) is 38.0 Å². The van der Waals surface area contributed by atoms with Crippen LogP contribution < -0.4 is 5.32 Å². The largest absolute Gasteiger partial charge is 0.467 e. The molecular formula is C17H20N2O3. The van der Waals surface area contributed by atoms with Crippen LogP contribution in [0.2, 0.25) is 0 Å². The Labute approximate surface area is 129 Å². The van der Waals surface area contributed by atoms with Crippen LogP contribution in [0, 0.1) is 0 Å². The Bertz CT molecular complexity index is 670. The molecular weight excluding hydrogens is 280 g/mol. The van der Waals surface area contributed by atoms with E-state index < -0.39 is 12.0 Å². The van der Waals surface area contributed by atoms with Gasteiger partial charge in [0.25, 0.3) is 5.91 Å². The van der Waals surface area contributed by atoms with Gasteiger partial charge in [-0.25, -0.2) is 4.79 Å². The number of hydrogen-bond acceptors (Lipinski definition) is 4. The molecule has 0 saturated heterocycles. The molecule has 0 radical (unpaired) electrons. The highest BCUT2D eigenvalue weighted by Gasteiger charge is 2.21. The minimum absolute atomic E-state index is 0.315. The van der Waals surface area contributed by atoms with Gasteiger partial charge in [-0.15, -0.1) is 0 Å². The minimum atomic E-state index is -0.621. The van der Waals surface area contributed by atoms with Crippen molar-refractivity contribution in [2.24, 2.45) is 0 Å². The number of esters is 1. The molecule has 116 valence electrons. The molecule has 0 aliphatic heterocycles. The van der Waals surface area contributed by atoms with Crippen LogP contribution in [0.4, 0.5) is 0 Å². The first-order valence-electron chi connectivity index (χ1n) is 7.39. The second-order valence-corrected chi connectivity index (χ2v) is 5.11. The molecule has 22 heavy (non-hydrogen) atoms. The number of benzene rings is 1. The predicted octanol–water partition coefficient (Wildman–Crippen LogP) is 2.70. The quantitative estimate of drug-likeness (QED) is 0.833. The molecule has 1 N–H and O–H groups in total. The normalized spacial score (nSPS) is 11.9. The summed E-state index contributed by atoms with van der Waals surface area (Å²) in [6.07, 6.45) is 3.87. The van der Waals surface area contributed by atoms with Crippen LogP contribution in [0.5, 0.6) is 0 Å². The van der Waals surface area contributed by atoms with Crippen LogP contribution in [-0.4, -0.2) is 30.0 Å². The molecule has 1 aromatic heterocycles. The molecule has 1 aromatic carbocycles. The number of pyridine rings is 1. The molecule has 0 fully saturated rings. The molecule has 0 spiro atoms. The highest BCUT2D eigenvalue weighted by Crippen LogP contribution is 2.13. The number of nitrogens with one attached hydrogen (secondary N) is 1. The monoisotopic (exact) mass is 300 g/mol. The van der Waals surface area contributed by atoms with Gasteiger partial charge >= 0.3 is 5.97 Å². The standard InChI is InChI=1S/C17H20N2O3/c1-3-4-8-15(17(21)22-2)19-16(20)13-10-12-7-5-6-9-14(12)18-11-13/h5-7,9-11,15H,3-4,8H2,1-2H3,(H,19,20)/t15-/m1/s1. The van der Waals surface area contributed by atoms with E-state index in [2.05, 4.69) is 10.3 Å². The van der Waals surface area contributed by atoms with Crippen LogP contribution in [0.25, 0.3) is 10.9 Å². The van der Waals surface area contributed by atoms with E-state index >= 15 is 0 Å². The Hall–Kier alpha value is -2.43. The van der Waals surface area contributed by atoms with E-state index in [0.29, 0.717) is 12.0 Å².